The number of carbonyl (C=O) groups is 1. The molecule has 0 saturated carbocycles. The molecule has 0 bridgehead atoms. The van der Waals surface area contributed by atoms with Crippen LogP contribution in [0.25, 0.3) is 10.6 Å². The van der Waals surface area contributed by atoms with E-state index in [-0.39, 0.29) is 68.2 Å². The molecule has 6 N–H and O–H groups in total. The van der Waals surface area contributed by atoms with Crippen molar-refractivity contribution < 1.29 is 73.7 Å². The predicted molar refractivity (Wildman–Crippen MR) is 81.6 cm³/mol. The standard InChI is InChI=1S/C13H10F2N2.CH2O3.2H2O.2Ru/c14-10-1-5-12(6-2-10)16-9-17-13-7-3-11(15)4-8-13;2-1(3)4;;;;/h1-8H,9H2;(H2,2,3,4);2*1H2;;/q-2;;;;2*+1. The zero-order valence-electron chi connectivity index (χ0n) is 12.5. The van der Waals surface area contributed by atoms with Gasteiger partial charge in [-0.2, -0.15) is 0 Å². The maximum absolute atomic E-state index is 12.6. The second kappa shape index (κ2) is 17.2. The van der Waals surface area contributed by atoms with E-state index in [1.54, 1.807) is 24.3 Å². The van der Waals surface area contributed by atoms with E-state index in [1.165, 1.54) is 24.3 Å². The van der Waals surface area contributed by atoms with E-state index < -0.39 is 6.16 Å². The molecule has 0 aliphatic carbocycles. The van der Waals surface area contributed by atoms with Crippen LogP contribution in [0.1, 0.15) is 0 Å². The van der Waals surface area contributed by atoms with Crippen LogP contribution in [-0.2, 0) is 39.0 Å². The molecular formula is C14H16F2N2O5Ru2. The molecule has 2 aromatic carbocycles. The summed E-state index contributed by atoms with van der Waals surface area (Å²) in [6.07, 6.45) is -1.83. The van der Waals surface area contributed by atoms with Crippen LogP contribution in [0.5, 0.6) is 0 Å². The van der Waals surface area contributed by atoms with Gasteiger partial charge in [0.2, 0.25) is 0 Å². The van der Waals surface area contributed by atoms with Crippen LogP contribution < -0.4 is 0 Å². The molecule has 0 saturated heterocycles. The van der Waals surface area contributed by atoms with Crippen LogP contribution >= 0.6 is 0 Å². The Morgan fingerprint density at radius 3 is 1.24 bits per heavy atom. The molecule has 25 heavy (non-hydrogen) atoms. The molecule has 0 amide bonds. The fourth-order valence-electron chi connectivity index (χ4n) is 1.29. The third kappa shape index (κ3) is 15.6. The number of nitrogens with zero attached hydrogens (tertiary/aromatic N) is 2. The van der Waals surface area contributed by atoms with E-state index in [1.807, 2.05) is 0 Å². The van der Waals surface area contributed by atoms with Crippen LogP contribution in [0.4, 0.5) is 25.0 Å². The van der Waals surface area contributed by atoms with Gasteiger partial charge < -0.3 is 31.8 Å². The van der Waals surface area contributed by atoms with Crippen molar-refractivity contribution in [3.63, 3.8) is 0 Å². The first-order valence-corrected chi connectivity index (χ1v) is 5.75. The van der Waals surface area contributed by atoms with E-state index >= 15 is 0 Å². The third-order valence-corrected chi connectivity index (χ3v) is 2.16. The first-order chi connectivity index (χ1) is 9.97. The Morgan fingerprint density at radius 2 is 1.00 bits per heavy atom. The summed E-state index contributed by atoms with van der Waals surface area (Å²) in [5.74, 6) is -0.584. The molecule has 0 spiro atoms. The molecule has 0 aromatic heterocycles. The molecule has 0 atom stereocenters. The van der Waals surface area contributed by atoms with Gasteiger partial charge in [0.25, 0.3) is 0 Å². The topological polar surface area (TPSA) is 149 Å². The van der Waals surface area contributed by atoms with Gasteiger partial charge in [-0.1, -0.05) is 24.3 Å². The summed E-state index contributed by atoms with van der Waals surface area (Å²) in [6.45, 7) is 0.233. The average Bonchev–Trinajstić information content (AvgIpc) is 2.43. The Bertz CT molecular complexity index is 525. The summed E-state index contributed by atoms with van der Waals surface area (Å²) in [5, 5.41) is 22.2. The van der Waals surface area contributed by atoms with Crippen molar-refractivity contribution in [2.45, 2.75) is 0 Å². The number of benzene rings is 2. The van der Waals surface area contributed by atoms with Gasteiger partial charge in [0, 0.05) is 0 Å². The first kappa shape index (κ1) is 31.1. The quantitative estimate of drug-likeness (QED) is 0.583. The maximum Gasteiger partial charge on any atom is 1.00 e. The molecule has 0 aliphatic rings. The zero-order valence-corrected chi connectivity index (χ0v) is 16.0. The minimum Gasteiger partial charge on any atom is -0.699 e. The van der Waals surface area contributed by atoms with Crippen LogP contribution in [0.3, 0.4) is 0 Å². The van der Waals surface area contributed by atoms with Crippen LogP contribution in [0.2, 0.25) is 0 Å². The Morgan fingerprint density at radius 1 is 0.760 bits per heavy atom. The molecule has 0 fully saturated rings. The van der Waals surface area contributed by atoms with E-state index in [2.05, 4.69) is 10.6 Å². The maximum atomic E-state index is 12.6. The Labute approximate surface area is 168 Å². The molecule has 0 heterocycles. The third-order valence-electron chi connectivity index (χ3n) is 2.16. The Kier molecular flexibility index (Phi) is 21.4. The number of hydrogen-bond donors (Lipinski definition) is 2. The normalized spacial score (nSPS) is 7.76. The Balaban J connectivity index is -0.000000251. The summed E-state index contributed by atoms with van der Waals surface area (Å²) in [7, 11) is 0. The number of halogens is 2. The Hall–Kier alpha value is -1.66. The monoisotopic (exact) mass is 534 g/mol. The van der Waals surface area contributed by atoms with Gasteiger partial charge >= 0.3 is 45.1 Å². The van der Waals surface area contributed by atoms with Crippen molar-refractivity contribution in [3.05, 3.63) is 70.8 Å². The number of rotatable bonds is 4. The molecular weight excluding hydrogens is 516 g/mol. The predicted octanol–water partition coefficient (Wildman–Crippen LogP) is 3.20. The summed E-state index contributed by atoms with van der Waals surface area (Å²) in [5.41, 5.74) is 1.33. The molecule has 2 radical (unpaired) electrons. The molecule has 142 valence electrons. The van der Waals surface area contributed by atoms with E-state index in [0.29, 0.717) is 11.4 Å². The van der Waals surface area contributed by atoms with Crippen molar-refractivity contribution >= 4 is 17.5 Å². The van der Waals surface area contributed by atoms with Crippen molar-refractivity contribution in [1.82, 2.24) is 0 Å². The van der Waals surface area contributed by atoms with E-state index in [9.17, 15) is 8.78 Å². The second-order valence-electron chi connectivity index (χ2n) is 3.69. The summed E-state index contributed by atoms with van der Waals surface area (Å²) in [4.78, 5) is 8.56. The smallest absolute Gasteiger partial charge is 0.699 e. The van der Waals surface area contributed by atoms with Crippen molar-refractivity contribution in [3.8, 4) is 0 Å². The zero-order chi connectivity index (χ0) is 15.7. The molecule has 2 rings (SSSR count). The number of hydrogen-bond acceptors (Lipinski definition) is 1. The largest absolute Gasteiger partial charge is 1.00 e. The van der Waals surface area contributed by atoms with Crippen LogP contribution in [0.15, 0.2) is 48.5 Å². The van der Waals surface area contributed by atoms with Crippen molar-refractivity contribution in [2.75, 3.05) is 6.67 Å². The fourth-order valence-corrected chi connectivity index (χ4v) is 1.29. The molecule has 11 heteroatoms. The molecule has 2 aromatic rings. The SMILES string of the molecule is Fc1ccc([N-]C[N-]c2ccc(F)cc2)cc1.O.O.O=C(O)O.[Ru+].[Ru+]. The van der Waals surface area contributed by atoms with Crippen LogP contribution in [0, 0.1) is 11.6 Å². The molecule has 7 nitrogen and oxygen atoms in total. The van der Waals surface area contributed by atoms with Gasteiger partial charge in [-0.25, -0.2) is 20.2 Å². The van der Waals surface area contributed by atoms with E-state index in [4.69, 9.17) is 15.0 Å². The minimum atomic E-state index is -1.83. The molecule has 0 unspecified atom stereocenters. The van der Waals surface area contributed by atoms with Gasteiger partial charge in [-0.15, -0.1) is 11.4 Å². The fraction of sp³-hybridized carbons (Fsp3) is 0.0714. The van der Waals surface area contributed by atoms with Crippen molar-refractivity contribution in [2.24, 2.45) is 0 Å². The van der Waals surface area contributed by atoms with E-state index in [0.717, 1.165) is 0 Å². The van der Waals surface area contributed by atoms with Gasteiger partial charge in [-0.05, 0) is 24.3 Å². The summed E-state index contributed by atoms with van der Waals surface area (Å²) < 4.78 is 25.2. The average molecular weight is 532 g/mol. The van der Waals surface area contributed by atoms with Gasteiger partial charge in [0.15, 0.2) is 0 Å². The summed E-state index contributed by atoms with van der Waals surface area (Å²) in [6, 6.07) is 11.7. The van der Waals surface area contributed by atoms with Gasteiger partial charge in [0.1, 0.15) is 11.6 Å². The van der Waals surface area contributed by atoms with Crippen LogP contribution in [-0.4, -0.2) is 34.0 Å². The second-order valence-corrected chi connectivity index (χ2v) is 3.69. The summed E-state index contributed by atoms with van der Waals surface area (Å²) >= 11 is 0. The van der Waals surface area contributed by atoms with Crippen molar-refractivity contribution in [1.29, 1.82) is 0 Å². The van der Waals surface area contributed by atoms with Gasteiger partial charge in [0.05, 0.1) is 0 Å². The number of carboxylic acid groups (broad SMARTS) is 2. The minimum absolute atomic E-state index is 0. The first-order valence-electron chi connectivity index (χ1n) is 5.75. The van der Waals surface area contributed by atoms with Gasteiger partial charge in [-0.3, -0.25) is 0 Å². The molecule has 0 aliphatic heterocycles.